The molecule has 0 atom stereocenters. The molecule has 156 valence electrons. The Balaban J connectivity index is 1.50. The van der Waals surface area contributed by atoms with Crippen molar-refractivity contribution in [2.45, 2.75) is 34.1 Å². The summed E-state index contributed by atoms with van der Waals surface area (Å²) < 4.78 is 1.83. The van der Waals surface area contributed by atoms with Crippen LogP contribution < -0.4 is 9.80 Å². The molecule has 4 rings (SSSR count). The van der Waals surface area contributed by atoms with Gasteiger partial charge in [0.05, 0.1) is 0 Å². The topological polar surface area (TPSA) is 63.0 Å². The molecule has 3 heterocycles. The fourth-order valence-electron chi connectivity index (χ4n) is 3.92. The van der Waals surface area contributed by atoms with Crippen LogP contribution in [-0.2, 0) is 6.42 Å². The normalized spacial score (nSPS) is 14.0. The van der Waals surface area contributed by atoms with Crippen LogP contribution in [0.3, 0.4) is 0 Å². The van der Waals surface area contributed by atoms with Crippen LogP contribution in [0.4, 0.5) is 11.5 Å². The summed E-state index contributed by atoms with van der Waals surface area (Å²) >= 11 is 0. The summed E-state index contributed by atoms with van der Waals surface area (Å²) in [5, 5.41) is 4.52. The fourth-order valence-corrected chi connectivity index (χ4v) is 3.92. The molecule has 1 fully saturated rings. The first-order valence-corrected chi connectivity index (χ1v) is 10.4. The molecule has 30 heavy (non-hydrogen) atoms. The maximum absolute atomic E-state index is 4.66. The molecule has 0 unspecified atom stereocenters. The van der Waals surface area contributed by atoms with Crippen molar-refractivity contribution in [1.82, 2.24) is 24.7 Å². The average Bonchev–Trinajstić information content (AvgIpc) is 3.07. The van der Waals surface area contributed by atoms with Gasteiger partial charge in [0.25, 0.3) is 0 Å². The first-order valence-electron chi connectivity index (χ1n) is 10.4. The van der Waals surface area contributed by atoms with Gasteiger partial charge in [0.1, 0.15) is 23.3 Å². The van der Waals surface area contributed by atoms with Crippen LogP contribution in [-0.4, -0.2) is 44.9 Å². The molecule has 1 aliphatic heterocycles. The molecule has 0 spiro atoms. The monoisotopic (exact) mass is 403 g/mol. The highest BCUT2D eigenvalue weighted by atomic mass is 15.4. The second-order valence-corrected chi connectivity index (χ2v) is 7.91. The third kappa shape index (κ3) is 3.67. The van der Waals surface area contributed by atoms with Crippen molar-refractivity contribution in [2.75, 3.05) is 29.9 Å². The molecule has 0 amide bonds. The highest BCUT2D eigenvalue weighted by molar-refractivity contribution is 5.58. The molecule has 1 aromatic carbocycles. The molecule has 0 aliphatic carbocycles. The lowest BCUT2D eigenvalue weighted by atomic mass is 9.95. The summed E-state index contributed by atoms with van der Waals surface area (Å²) in [6, 6.07) is 10.4. The maximum atomic E-state index is 4.66. The smallest absolute Gasteiger partial charge is 0.161 e. The maximum Gasteiger partial charge on any atom is 0.161 e. The summed E-state index contributed by atoms with van der Waals surface area (Å²) in [7, 11) is 2.10. The zero-order chi connectivity index (χ0) is 21.4. The quantitative estimate of drug-likeness (QED) is 0.626. The third-order valence-electron chi connectivity index (χ3n) is 5.71. The van der Waals surface area contributed by atoms with E-state index in [2.05, 4.69) is 81.6 Å². The predicted octanol–water partition coefficient (Wildman–Crippen LogP) is 3.63. The minimum atomic E-state index is 0.396. The lowest BCUT2D eigenvalue weighted by Gasteiger charge is -2.43. The highest BCUT2D eigenvalue weighted by Gasteiger charge is 2.32. The molecule has 3 aromatic rings. The summed E-state index contributed by atoms with van der Waals surface area (Å²) in [6.07, 6.45) is 0.802. The van der Waals surface area contributed by atoms with Crippen LogP contribution >= 0.6 is 0 Å². The number of hydrogen-bond acceptors (Lipinski definition) is 6. The predicted molar refractivity (Wildman–Crippen MR) is 120 cm³/mol. The molecule has 7 heteroatoms. The average molecular weight is 404 g/mol. The van der Waals surface area contributed by atoms with Gasteiger partial charge in [0.2, 0.25) is 0 Å². The van der Waals surface area contributed by atoms with Gasteiger partial charge in [-0.25, -0.2) is 15.0 Å². The van der Waals surface area contributed by atoms with Gasteiger partial charge in [-0.1, -0.05) is 31.7 Å². The number of para-hydroxylation sites is 1. The van der Waals surface area contributed by atoms with Gasteiger partial charge in [-0.05, 0) is 32.4 Å². The lowest BCUT2D eigenvalue weighted by Crippen LogP contribution is -2.50. The lowest BCUT2D eigenvalue weighted by molar-refractivity contribution is 0.458. The van der Waals surface area contributed by atoms with Gasteiger partial charge in [-0.3, -0.25) is 0 Å². The van der Waals surface area contributed by atoms with Crippen LogP contribution in [0.15, 0.2) is 42.6 Å². The van der Waals surface area contributed by atoms with Crippen molar-refractivity contribution in [3.05, 3.63) is 65.6 Å². The van der Waals surface area contributed by atoms with Crippen molar-refractivity contribution < 1.29 is 0 Å². The minimum Gasteiger partial charge on any atom is -0.355 e. The summed E-state index contributed by atoms with van der Waals surface area (Å²) in [5.74, 6) is 4.49. The van der Waals surface area contributed by atoms with Gasteiger partial charge in [-0.15, -0.1) is 5.10 Å². The number of aromatic nitrogens is 5. The van der Waals surface area contributed by atoms with Crippen molar-refractivity contribution in [3.63, 3.8) is 0 Å². The summed E-state index contributed by atoms with van der Waals surface area (Å²) in [5.41, 5.74) is 3.59. The number of rotatable bonds is 6. The van der Waals surface area contributed by atoms with Crippen molar-refractivity contribution in [1.29, 1.82) is 0 Å². The number of aryl methyl sites for hydroxylation is 4. The van der Waals surface area contributed by atoms with Crippen molar-refractivity contribution >= 4 is 11.5 Å². The summed E-state index contributed by atoms with van der Waals surface area (Å²) in [6.45, 7) is 14.2. The van der Waals surface area contributed by atoms with E-state index in [-0.39, 0.29) is 0 Å². The van der Waals surface area contributed by atoms with Gasteiger partial charge in [-0.2, -0.15) is 4.68 Å². The number of hydrogen-bond donors (Lipinski definition) is 0. The van der Waals surface area contributed by atoms with E-state index < -0.39 is 0 Å². The van der Waals surface area contributed by atoms with Gasteiger partial charge in [0.15, 0.2) is 5.82 Å². The first kappa shape index (κ1) is 20.1. The zero-order valence-electron chi connectivity index (χ0n) is 18.4. The molecular formula is C23H29N7. The molecule has 0 radical (unpaired) electrons. The zero-order valence-corrected chi connectivity index (χ0v) is 18.4. The van der Waals surface area contributed by atoms with E-state index in [4.69, 9.17) is 0 Å². The Morgan fingerprint density at radius 3 is 2.47 bits per heavy atom. The van der Waals surface area contributed by atoms with Gasteiger partial charge < -0.3 is 9.80 Å². The van der Waals surface area contributed by atoms with E-state index in [1.165, 1.54) is 11.3 Å². The van der Waals surface area contributed by atoms with E-state index >= 15 is 0 Å². The minimum absolute atomic E-state index is 0.396. The fraction of sp³-hybridized carbons (Fsp3) is 0.391. The first-order chi connectivity index (χ1) is 14.4. The Morgan fingerprint density at radius 2 is 1.77 bits per heavy atom. The van der Waals surface area contributed by atoms with Crippen LogP contribution in [0.1, 0.15) is 30.0 Å². The molecule has 1 saturated heterocycles. The van der Waals surface area contributed by atoms with Gasteiger partial charge >= 0.3 is 0 Å². The van der Waals surface area contributed by atoms with E-state index in [9.17, 15) is 0 Å². The Labute approximate surface area is 178 Å². The molecular weight excluding hydrogens is 374 g/mol. The molecule has 0 N–H and O–H groups in total. The Kier molecular flexibility index (Phi) is 5.28. The van der Waals surface area contributed by atoms with Crippen LogP contribution in [0.2, 0.25) is 0 Å². The SMILES string of the molecule is C=C(C1CN(c2cc(-n3nc(C)nc3CC)nc(C)n2)C1)N(C)c1ccccc1C. The standard InChI is InChI=1S/C23H29N7/c1-7-21-26-18(5)27-30(21)23-12-22(24-17(4)25-23)29-13-19(14-29)16(3)28(6)20-11-9-8-10-15(20)2/h8-12,19H,3,7,13-14H2,1-2,4-6H3. The van der Waals surface area contributed by atoms with Gasteiger partial charge in [0, 0.05) is 49.9 Å². The second kappa shape index (κ2) is 7.89. The summed E-state index contributed by atoms with van der Waals surface area (Å²) in [4.78, 5) is 18.2. The Hall–Kier alpha value is -3.22. The molecule has 7 nitrogen and oxygen atoms in total. The number of nitrogens with zero attached hydrogens (tertiary/aromatic N) is 7. The third-order valence-corrected chi connectivity index (χ3v) is 5.71. The number of anilines is 2. The number of benzene rings is 1. The van der Waals surface area contributed by atoms with Crippen LogP contribution in [0.25, 0.3) is 5.82 Å². The Morgan fingerprint density at radius 1 is 1.07 bits per heavy atom. The second-order valence-electron chi connectivity index (χ2n) is 7.91. The van der Waals surface area contributed by atoms with E-state index in [1.807, 2.05) is 24.6 Å². The Bertz CT molecular complexity index is 1080. The molecule has 1 aliphatic rings. The molecule has 2 aromatic heterocycles. The molecule has 0 saturated carbocycles. The van der Waals surface area contributed by atoms with E-state index in [0.29, 0.717) is 5.92 Å². The van der Waals surface area contributed by atoms with E-state index in [0.717, 1.165) is 54.3 Å². The van der Waals surface area contributed by atoms with Crippen molar-refractivity contribution in [3.8, 4) is 5.82 Å². The van der Waals surface area contributed by atoms with Crippen LogP contribution in [0.5, 0.6) is 0 Å². The largest absolute Gasteiger partial charge is 0.355 e. The van der Waals surface area contributed by atoms with Crippen molar-refractivity contribution in [2.24, 2.45) is 5.92 Å². The van der Waals surface area contributed by atoms with Crippen LogP contribution in [0, 0.1) is 26.7 Å². The van der Waals surface area contributed by atoms with E-state index in [1.54, 1.807) is 0 Å². The molecule has 0 bridgehead atoms. The highest BCUT2D eigenvalue weighted by Crippen LogP contribution is 2.32.